The van der Waals surface area contributed by atoms with Gasteiger partial charge in [-0.25, -0.2) is 0 Å². The van der Waals surface area contributed by atoms with E-state index in [1.807, 2.05) is 30.3 Å². The van der Waals surface area contributed by atoms with Crippen LogP contribution in [0.3, 0.4) is 0 Å². The molecule has 0 bridgehead atoms. The molecule has 0 atom stereocenters. The molecule has 24 heavy (non-hydrogen) atoms. The Kier molecular flexibility index (Phi) is 6.34. The first kappa shape index (κ1) is 17.5. The second kappa shape index (κ2) is 8.70. The summed E-state index contributed by atoms with van der Waals surface area (Å²) in [5, 5.41) is 5.59. The van der Waals surface area contributed by atoms with E-state index in [1.165, 1.54) is 0 Å². The molecule has 0 heterocycles. The molecule has 2 N–H and O–H groups in total. The lowest BCUT2D eigenvalue weighted by Crippen LogP contribution is -2.35. The smallest absolute Gasteiger partial charge is 0.268 e. The van der Waals surface area contributed by atoms with Gasteiger partial charge in [-0.1, -0.05) is 60.1 Å². The van der Waals surface area contributed by atoms with Gasteiger partial charge in [-0.05, 0) is 23.8 Å². The number of hydrogen-bond acceptors (Lipinski definition) is 2. The Morgan fingerprint density at radius 2 is 1.71 bits per heavy atom. The summed E-state index contributed by atoms with van der Waals surface area (Å²) >= 11 is 6.03. The van der Waals surface area contributed by atoms with E-state index in [2.05, 4.69) is 17.2 Å². The summed E-state index contributed by atoms with van der Waals surface area (Å²) in [6.07, 6.45) is 3.17. The summed E-state index contributed by atoms with van der Waals surface area (Å²) in [4.78, 5) is 24.7. The predicted molar refractivity (Wildman–Crippen MR) is 96.5 cm³/mol. The lowest BCUT2D eigenvalue weighted by Gasteiger charge is -2.11. The number of carbonyl (C=O) groups excluding carboxylic acids is 2. The Labute approximate surface area is 145 Å². The van der Waals surface area contributed by atoms with Crippen LogP contribution in [-0.4, -0.2) is 18.4 Å². The van der Waals surface area contributed by atoms with Gasteiger partial charge >= 0.3 is 0 Å². The Bertz CT molecular complexity index is 770. The van der Waals surface area contributed by atoms with E-state index in [-0.39, 0.29) is 5.70 Å². The van der Waals surface area contributed by atoms with Gasteiger partial charge in [0, 0.05) is 6.54 Å². The van der Waals surface area contributed by atoms with Gasteiger partial charge in [0.15, 0.2) is 0 Å². The van der Waals surface area contributed by atoms with E-state index < -0.39 is 11.8 Å². The highest BCUT2D eigenvalue weighted by atomic mass is 35.5. The van der Waals surface area contributed by atoms with Crippen molar-refractivity contribution in [3.63, 3.8) is 0 Å². The van der Waals surface area contributed by atoms with E-state index in [1.54, 1.807) is 36.4 Å². The fraction of sp³-hybridized carbons (Fsp3) is 0.0526. The maximum Gasteiger partial charge on any atom is 0.268 e. The fourth-order valence-electron chi connectivity index (χ4n) is 1.97. The molecule has 0 fully saturated rings. The lowest BCUT2D eigenvalue weighted by molar-refractivity contribution is -0.117. The summed E-state index contributed by atoms with van der Waals surface area (Å²) in [5.41, 5.74) is 1.23. The molecule has 0 saturated carbocycles. The average Bonchev–Trinajstić information content (AvgIpc) is 2.60. The van der Waals surface area contributed by atoms with E-state index in [0.717, 1.165) is 5.56 Å². The topological polar surface area (TPSA) is 58.2 Å². The SMILES string of the molecule is C=CCNC(=O)/C(=C/c1ccccc1)NC(=O)c1ccccc1Cl. The zero-order chi connectivity index (χ0) is 17.4. The van der Waals surface area contributed by atoms with Crippen molar-refractivity contribution in [3.05, 3.63) is 89.1 Å². The van der Waals surface area contributed by atoms with Crippen molar-refractivity contribution in [1.29, 1.82) is 0 Å². The van der Waals surface area contributed by atoms with Crippen molar-refractivity contribution in [2.24, 2.45) is 0 Å². The quantitative estimate of drug-likeness (QED) is 0.625. The molecule has 0 aliphatic carbocycles. The van der Waals surface area contributed by atoms with E-state index in [0.29, 0.717) is 17.1 Å². The van der Waals surface area contributed by atoms with Gasteiger partial charge in [0.05, 0.1) is 10.6 Å². The summed E-state index contributed by atoms with van der Waals surface area (Å²) in [7, 11) is 0. The molecule has 0 radical (unpaired) electrons. The van der Waals surface area contributed by atoms with Crippen LogP contribution in [-0.2, 0) is 4.79 Å². The third kappa shape index (κ3) is 4.83. The Morgan fingerprint density at radius 3 is 2.38 bits per heavy atom. The summed E-state index contributed by atoms with van der Waals surface area (Å²) in [5.74, 6) is -0.851. The highest BCUT2D eigenvalue weighted by Gasteiger charge is 2.15. The zero-order valence-corrected chi connectivity index (χ0v) is 13.7. The number of hydrogen-bond donors (Lipinski definition) is 2. The number of halogens is 1. The summed E-state index contributed by atoms with van der Waals surface area (Å²) in [6, 6.07) is 15.9. The minimum absolute atomic E-state index is 0.132. The van der Waals surface area contributed by atoms with E-state index in [9.17, 15) is 9.59 Å². The van der Waals surface area contributed by atoms with Crippen LogP contribution in [0.15, 0.2) is 72.9 Å². The van der Waals surface area contributed by atoms with Gasteiger partial charge in [0.25, 0.3) is 11.8 Å². The third-order valence-electron chi connectivity index (χ3n) is 3.13. The summed E-state index contributed by atoms with van der Waals surface area (Å²) in [6.45, 7) is 3.86. The Morgan fingerprint density at radius 1 is 1.04 bits per heavy atom. The molecule has 0 saturated heterocycles. The van der Waals surface area contributed by atoms with Crippen molar-refractivity contribution in [3.8, 4) is 0 Å². The zero-order valence-electron chi connectivity index (χ0n) is 13.0. The lowest BCUT2D eigenvalue weighted by atomic mass is 10.1. The first-order valence-corrected chi connectivity index (χ1v) is 7.71. The van der Waals surface area contributed by atoms with E-state index in [4.69, 9.17) is 11.6 Å². The van der Waals surface area contributed by atoms with Crippen LogP contribution in [0.25, 0.3) is 6.08 Å². The van der Waals surface area contributed by atoms with Crippen molar-refractivity contribution < 1.29 is 9.59 Å². The number of nitrogens with one attached hydrogen (secondary N) is 2. The summed E-state index contributed by atoms with van der Waals surface area (Å²) < 4.78 is 0. The highest BCUT2D eigenvalue weighted by molar-refractivity contribution is 6.34. The van der Waals surface area contributed by atoms with Crippen molar-refractivity contribution >= 4 is 29.5 Å². The second-order valence-electron chi connectivity index (χ2n) is 4.90. The van der Waals surface area contributed by atoms with Gasteiger partial charge in [0.1, 0.15) is 5.70 Å². The van der Waals surface area contributed by atoms with Gasteiger partial charge in [-0.2, -0.15) is 0 Å². The third-order valence-corrected chi connectivity index (χ3v) is 3.46. The van der Waals surface area contributed by atoms with Gasteiger partial charge in [0.2, 0.25) is 0 Å². The van der Waals surface area contributed by atoms with Gasteiger partial charge in [-0.3, -0.25) is 9.59 Å². The van der Waals surface area contributed by atoms with Crippen LogP contribution in [0, 0.1) is 0 Å². The molecule has 0 aliphatic rings. The van der Waals surface area contributed by atoms with E-state index >= 15 is 0 Å². The fourth-order valence-corrected chi connectivity index (χ4v) is 2.19. The molecule has 4 nitrogen and oxygen atoms in total. The molecular formula is C19H17ClN2O2. The number of benzene rings is 2. The molecule has 0 aliphatic heterocycles. The molecule has 2 aromatic rings. The molecule has 2 aromatic carbocycles. The molecular weight excluding hydrogens is 324 g/mol. The second-order valence-corrected chi connectivity index (χ2v) is 5.31. The van der Waals surface area contributed by atoms with Crippen molar-refractivity contribution in [2.45, 2.75) is 0 Å². The van der Waals surface area contributed by atoms with Crippen LogP contribution >= 0.6 is 11.6 Å². The normalized spacial score (nSPS) is 10.8. The maximum absolute atomic E-state index is 12.4. The molecule has 0 spiro atoms. The van der Waals surface area contributed by atoms with Crippen molar-refractivity contribution in [2.75, 3.05) is 6.54 Å². The number of rotatable bonds is 6. The van der Waals surface area contributed by atoms with Crippen LogP contribution in [0.2, 0.25) is 5.02 Å². The largest absolute Gasteiger partial charge is 0.347 e. The molecule has 0 aromatic heterocycles. The van der Waals surface area contributed by atoms with Crippen LogP contribution in [0.1, 0.15) is 15.9 Å². The first-order chi connectivity index (χ1) is 11.6. The molecule has 0 unspecified atom stereocenters. The van der Waals surface area contributed by atoms with Crippen LogP contribution in [0.4, 0.5) is 0 Å². The molecule has 122 valence electrons. The predicted octanol–water partition coefficient (Wildman–Crippen LogP) is 3.41. The maximum atomic E-state index is 12.4. The number of carbonyl (C=O) groups is 2. The minimum atomic E-state index is -0.448. The Hall–Kier alpha value is -2.85. The number of amides is 2. The highest BCUT2D eigenvalue weighted by Crippen LogP contribution is 2.15. The molecule has 2 amide bonds. The molecule has 2 rings (SSSR count). The standard InChI is InChI=1S/C19H17ClN2O2/c1-2-12-21-19(24)17(13-14-8-4-3-5-9-14)22-18(23)15-10-6-7-11-16(15)20/h2-11,13H,1,12H2,(H,21,24)(H,22,23)/b17-13-. The van der Waals surface area contributed by atoms with Crippen LogP contribution in [0.5, 0.6) is 0 Å². The minimum Gasteiger partial charge on any atom is -0.347 e. The molecule has 5 heteroatoms. The Balaban J connectivity index is 2.27. The van der Waals surface area contributed by atoms with Gasteiger partial charge in [-0.15, -0.1) is 6.58 Å². The van der Waals surface area contributed by atoms with Gasteiger partial charge < -0.3 is 10.6 Å². The average molecular weight is 341 g/mol. The monoisotopic (exact) mass is 340 g/mol. The van der Waals surface area contributed by atoms with Crippen LogP contribution < -0.4 is 10.6 Å². The van der Waals surface area contributed by atoms with Crippen molar-refractivity contribution in [1.82, 2.24) is 10.6 Å². The first-order valence-electron chi connectivity index (χ1n) is 7.33.